The monoisotopic (exact) mass is 232 g/mol. The van der Waals surface area contributed by atoms with Crippen LogP contribution in [0.4, 0.5) is 5.69 Å². The maximum atomic E-state index is 11.0. The number of nitrogens with two attached hydrogens (primary N) is 1. The Morgan fingerprint density at radius 1 is 1.31 bits per heavy atom. The van der Waals surface area contributed by atoms with Crippen molar-refractivity contribution in [2.45, 2.75) is 0 Å². The molecule has 3 nitrogen and oxygen atoms in total. The molecule has 1 aromatic heterocycles. The van der Waals surface area contributed by atoms with Crippen LogP contribution in [0.3, 0.4) is 0 Å². The van der Waals surface area contributed by atoms with Crippen molar-refractivity contribution < 1.29 is 4.79 Å². The standard InChI is InChI=1S/C12H12N2OS/c1-14-9-4-2-3-8(7-9)10-5-6-11(16-10)12(13)15/h2-7,14H,1H3,(H2,13,15). The smallest absolute Gasteiger partial charge is 0.258 e. The topological polar surface area (TPSA) is 55.1 Å². The number of hydrogen-bond acceptors (Lipinski definition) is 3. The predicted octanol–water partition coefficient (Wildman–Crippen LogP) is 2.56. The summed E-state index contributed by atoms with van der Waals surface area (Å²) in [7, 11) is 1.88. The summed E-state index contributed by atoms with van der Waals surface area (Å²) >= 11 is 1.41. The molecule has 0 radical (unpaired) electrons. The number of anilines is 1. The third-order valence-corrected chi connectivity index (χ3v) is 3.43. The Balaban J connectivity index is 2.38. The summed E-state index contributed by atoms with van der Waals surface area (Å²) in [6.45, 7) is 0. The van der Waals surface area contributed by atoms with Gasteiger partial charge in [-0.25, -0.2) is 0 Å². The lowest BCUT2D eigenvalue weighted by Gasteiger charge is -2.02. The molecule has 0 aliphatic carbocycles. The van der Waals surface area contributed by atoms with E-state index in [0.29, 0.717) is 4.88 Å². The molecule has 16 heavy (non-hydrogen) atoms. The molecule has 1 heterocycles. The van der Waals surface area contributed by atoms with Crippen molar-refractivity contribution in [3.8, 4) is 10.4 Å². The molecule has 0 spiro atoms. The van der Waals surface area contributed by atoms with Crippen LogP contribution in [0.25, 0.3) is 10.4 Å². The Bertz CT molecular complexity index is 519. The summed E-state index contributed by atoms with van der Waals surface area (Å²) in [6.07, 6.45) is 0. The van der Waals surface area contributed by atoms with E-state index in [0.717, 1.165) is 16.1 Å². The molecule has 1 amide bonds. The maximum absolute atomic E-state index is 11.0. The van der Waals surface area contributed by atoms with Crippen LogP contribution in [0.1, 0.15) is 9.67 Å². The fourth-order valence-electron chi connectivity index (χ4n) is 1.45. The zero-order valence-electron chi connectivity index (χ0n) is 8.86. The van der Waals surface area contributed by atoms with Crippen molar-refractivity contribution in [2.75, 3.05) is 12.4 Å². The van der Waals surface area contributed by atoms with Gasteiger partial charge >= 0.3 is 0 Å². The van der Waals surface area contributed by atoms with E-state index >= 15 is 0 Å². The summed E-state index contributed by atoms with van der Waals surface area (Å²) in [5.74, 6) is -0.374. The number of benzene rings is 1. The zero-order valence-corrected chi connectivity index (χ0v) is 9.67. The highest BCUT2D eigenvalue weighted by molar-refractivity contribution is 7.17. The third-order valence-electron chi connectivity index (χ3n) is 2.28. The number of carbonyl (C=O) groups is 1. The van der Waals surface area contributed by atoms with Gasteiger partial charge in [-0.1, -0.05) is 12.1 Å². The number of rotatable bonds is 3. The van der Waals surface area contributed by atoms with Crippen molar-refractivity contribution in [3.05, 3.63) is 41.3 Å². The number of primary amides is 1. The Morgan fingerprint density at radius 2 is 2.12 bits per heavy atom. The van der Waals surface area contributed by atoms with Gasteiger partial charge in [0.25, 0.3) is 5.91 Å². The Kier molecular flexibility index (Phi) is 2.92. The van der Waals surface area contributed by atoms with Crippen molar-refractivity contribution in [1.82, 2.24) is 0 Å². The highest BCUT2D eigenvalue weighted by Crippen LogP contribution is 2.29. The largest absolute Gasteiger partial charge is 0.388 e. The number of carbonyl (C=O) groups excluding carboxylic acids is 1. The number of hydrogen-bond donors (Lipinski definition) is 2. The Hall–Kier alpha value is -1.81. The van der Waals surface area contributed by atoms with Gasteiger partial charge in [-0.2, -0.15) is 0 Å². The molecule has 0 saturated heterocycles. The third kappa shape index (κ3) is 2.06. The Labute approximate surface area is 97.9 Å². The molecular formula is C12H12N2OS. The fourth-order valence-corrected chi connectivity index (χ4v) is 2.31. The average molecular weight is 232 g/mol. The molecule has 4 heteroatoms. The molecule has 82 valence electrons. The van der Waals surface area contributed by atoms with E-state index in [1.54, 1.807) is 6.07 Å². The predicted molar refractivity (Wildman–Crippen MR) is 67.8 cm³/mol. The quantitative estimate of drug-likeness (QED) is 0.854. The molecule has 0 fully saturated rings. The van der Waals surface area contributed by atoms with Gasteiger partial charge in [-0.15, -0.1) is 11.3 Å². The first-order chi connectivity index (χ1) is 7.70. The van der Waals surface area contributed by atoms with Gasteiger partial charge in [0.2, 0.25) is 0 Å². The summed E-state index contributed by atoms with van der Waals surface area (Å²) < 4.78 is 0. The molecule has 0 bridgehead atoms. The highest BCUT2D eigenvalue weighted by Gasteiger charge is 2.06. The normalized spacial score (nSPS) is 10.1. The molecule has 0 atom stereocenters. The van der Waals surface area contributed by atoms with E-state index in [1.165, 1.54) is 11.3 Å². The van der Waals surface area contributed by atoms with Crippen LogP contribution in [0, 0.1) is 0 Å². The van der Waals surface area contributed by atoms with Crippen molar-refractivity contribution >= 4 is 22.9 Å². The average Bonchev–Trinajstić information content (AvgIpc) is 2.78. The zero-order chi connectivity index (χ0) is 11.5. The minimum Gasteiger partial charge on any atom is -0.388 e. The summed E-state index contributed by atoms with van der Waals surface area (Å²) in [4.78, 5) is 12.6. The first kappa shape index (κ1) is 10.7. The van der Waals surface area contributed by atoms with Gasteiger partial charge in [0.1, 0.15) is 0 Å². The Morgan fingerprint density at radius 3 is 2.75 bits per heavy atom. The van der Waals surface area contributed by atoms with Crippen molar-refractivity contribution in [2.24, 2.45) is 5.73 Å². The lowest BCUT2D eigenvalue weighted by atomic mass is 10.1. The highest BCUT2D eigenvalue weighted by atomic mass is 32.1. The second-order valence-electron chi connectivity index (χ2n) is 3.36. The summed E-state index contributed by atoms with van der Waals surface area (Å²) in [5, 5.41) is 3.08. The van der Waals surface area contributed by atoms with Gasteiger partial charge in [-0.05, 0) is 29.8 Å². The van der Waals surface area contributed by atoms with Gasteiger partial charge in [0, 0.05) is 17.6 Å². The first-order valence-electron chi connectivity index (χ1n) is 4.88. The van der Waals surface area contributed by atoms with Crippen LogP contribution in [0.5, 0.6) is 0 Å². The van der Waals surface area contributed by atoms with Crippen LogP contribution < -0.4 is 11.1 Å². The van der Waals surface area contributed by atoms with Gasteiger partial charge in [0.15, 0.2) is 0 Å². The summed E-state index contributed by atoms with van der Waals surface area (Å²) in [6, 6.07) is 11.7. The first-order valence-corrected chi connectivity index (χ1v) is 5.70. The molecule has 0 aliphatic rings. The lowest BCUT2D eigenvalue weighted by Crippen LogP contribution is -2.07. The molecule has 2 aromatic rings. The lowest BCUT2D eigenvalue weighted by molar-refractivity contribution is 0.100. The number of nitrogens with one attached hydrogen (secondary N) is 1. The molecular weight excluding hydrogens is 220 g/mol. The maximum Gasteiger partial charge on any atom is 0.258 e. The molecule has 0 saturated carbocycles. The van der Waals surface area contributed by atoms with Crippen molar-refractivity contribution in [3.63, 3.8) is 0 Å². The molecule has 0 unspecified atom stereocenters. The van der Waals surface area contributed by atoms with Gasteiger partial charge < -0.3 is 11.1 Å². The SMILES string of the molecule is CNc1cccc(-c2ccc(C(N)=O)s2)c1. The fraction of sp³-hybridized carbons (Fsp3) is 0.0833. The van der Waals surface area contributed by atoms with E-state index in [2.05, 4.69) is 5.32 Å². The van der Waals surface area contributed by atoms with E-state index < -0.39 is 0 Å². The van der Waals surface area contributed by atoms with Crippen LogP contribution in [0.2, 0.25) is 0 Å². The molecule has 0 aliphatic heterocycles. The second kappa shape index (κ2) is 4.37. The van der Waals surface area contributed by atoms with E-state index in [1.807, 2.05) is 37.4 Å². The minimum atomic E-state index is -0.374. The van der Waals surface area contributed by atoms with E-state index in [9.17, 15) is 4.79 Å². The van der Waals surface area contributed by atoms with Crippen LogP contribution in [-0.2, 0) is 0 Å². The molecule has 2 rings (SSSR count). The van der Waals surface area contributed by atoms with Crippen LogP contribution >= 0.6 is 11.3 Å². The van der Waals surface area contributed by atoms with Crippen molar-refractivity contribution in [1.29, 1.82) is 0 Å². The second-order valence-corrected chi connectivity index (χ2v) is 4.44. The van der Waals surface area contributed by atoms with Crippen LogP contribution in [-0.4, -0.2) is 13.0 Å². The van der Waals surface area contributed by atoms with E-state index in [-0.39, 0.29) is 5.91 Å². The van der Waals surface area contributed by atoms with Gasteiger partial charge in [-0.3, -0.25) is 4.79 Å². The van der Waals surface area contributed by atoms with Gasteiger partial charge in [0.05, 0.1) is 4.88 Å². The minimum absolute atomic E-state index is 0.374. The number of thiophene rings is 1. The number of amides is 1. The van der Waals surface area contributed by atoms with Crippen LogP contribution in [0.15, 0.2) is 36.4 Å². The van der Waals surface area contributed by atoms with E-state index in [4.69, 9.17) is 5.73 Å². The molecule has 1 aromatic carbocycles. The molecule has 3 N–H and O–H groups in total. The summed E-state index contributed by atoms with van der Waals surface area (Å²) in [5.41, 5.74) is 7.36.